The van der Waals surface area contributed by atoms with Gasteiger partial charge in [0.25, 0.3) is 11.8 Å². The summed E-state index contributed by atoms with van der Waals surface area (Å²) in [6.07, 6.45) is 0. The Kier molecular flexibility index (Phi) is 8.48. The number of quaternary nitrogens is 1. The van der Waals surface area contributed by atoms with Gasteiger partial charge in [0.1, 0.15) is 0 Å². The van der Waals surface area contributed by atoms with Crippen molar-refractivity contribution in [3.05, 3.63) is 64.7 Å². The fraction of sp³-hybridized carbons (Fsp3) is 0.364. The lowest BCUT2D eigenvalue weighted by Gasteiger charge is -2.24. The van der Waals surface area contributed by atoms with Crippen molar-refractivity contribution in [3.8, 4) is 0 Å². The summed E-state index contributed by atoms with van der Waals surface area (Å²) in [4.78, 5) is 27.9. The predicted octanol–water partition coefficient (Wildman–Crippen LogP) is 2.54. The molecule has 2 N–H and O–H groups in total. The molecule has 2 aromatic rings. The van der Waals surface area contributed by atoms with Gasteiger partial charge >= 0.3 is 0 Å². The summed E-state index contributed by atoms with van der Waals surface area (Å²) in [5, 5.41) is 3.48. The highest BCUT2D eigenvalue weighted by Gasteiger charge is 2.21. The van der Waals surface area contributed by atoms with Crippen LogP contribution >= 0.6 is 11.6 Å². The van der Waals surface area contributed by atoms with Gasteiger partial charge in [-0.25, -0.2) is 0 Å². The number of hydrogen-bond donors (Lipinski definition) is 2. The van der Waals surface area contributed by atoms with Gasteiger partial charge < -0.3 is 15.1 Å². The molecule has 28 heavy (non-hydrogen) atoms. The molecule has 1 atom stereocenters. The molecule has 1 unspecified atom stereocenters. The molecule has 0 saturated carbocycles. The first-order chi connectivity index (χ1) is 13.4. The molecule has 0 aliphatic rings. The van der Waals surface area contributed by atoms with E-state index in [1.165, 1.54) is 0 Å². The molecular formula is C22H29ClN3O2+. The number of halogens is 1. The van der Waals surface area contributed by atoms with Gasteiger partial charge in [0.15, 0.2) is 13.1 Å². The van der Waals surface area contributed by atoms with Gasteiger partial charge in [-0.05, 0) is 44.0 Å². The third-order valence-electron chi connectivity index (χ3n) is 4.74. The smallest absolute Gasteiger partial charge is 0.279 e. The van der Waals surface area contributed by atoms with Crippen LogP contribution in [0.5, 0.6) is 0 Å². The first kappa shape index (κ1) is 21.9. The fourth-order valence-corrected chi connectivity index (χ4v) is 3.14. The van der Waals surface area contributed by atoms with Crippen LogP contribution in [0.4, 0.5) is 5.69 Å². The molecule has 0 radical (unpaired) electrons. The van der Waals surface area contributed by atoms with Crippen LogP contribution in [0.2, 0.25) is 5.02 Å². The molecule has 150 valence electrons. The first-order valence-corrected chi connectivity index (χ1v) is 10.0. The van der Waals surface area contributed by atoms with Crippen molar-refractivity contribution in [1.82, 2.24) is 4.90 Å². The predicted molar refractivity (Wildman–Crippen MR) is 114 cm³/mol. The van der Waals surface area contributed by atoms with Crippen molar-refractivity contribution in [2.75, 3.05) is 31.5 Å². The number of nitrogens with one attached hydrogen (secondary N) is 2. The Bertz CT molecular complexity index is 796. The summed E-state index contributed by atoms with van der Waals surface area (Å²) in [6, 6.07) is 15.3. The number of amides is 2. The standard InChI is InChI=1S/C22H28ClN3O2/c1-4-25(15-21(27)24-20-13-19(23)12-11-17(20)3)16-22(28)26(5-2)14-18-9-7-6-8-10-18/h6-13H,4-5,14-16H2,1-3H3,(H,24,27)/p+1. The second-order valence-electron chi connectivity index (χ2n) is 6.86. The lowest BCUT2D eigenvalue weighted by atomic mass is 10.2. The van der Waals surface area contributed by atoms with Crippen LogP contribution in [-0.4, -0.2) is 42.9 Å². The van der Waals surface area contributed by atoms with Gasteiger partial charge in [-0.3, -0.25) is 9.59 Å². The molecule has 6 heteroatoms. The summed E-state index contributed by atoms with van der Waals surface area (Å²) in [5.74, 6) is -0.0731. The number of benzene rings is 2. The van der Waals surface area contributed by atoms with E-state index in [-0.39, 0.29) is 18.4 Å². The molecule has 5 nitrogen and oxygen atoms in total. The van der Waals surface area contributed by atoms with Gasteiger partial charge in [-0.15, -0.1) is 0 Å². The molecule has 0 saturated heterocycles. The SMILES string of the molecule is CCN(Cc1ccccc1)C(=O)C[NH+](CC)CC(=O)Nc1cc(Cl)ccc1C. The van der Waals surface area contributed by atoms with Crippen molar-refractivity contribution >= 4 is 29.1 Å². The molecule has 0 aliphatic carbocycles. The third kappa shape index (κ3) is 6.66. The molecule has 0 bridgehead atoms. The highest BCUT2D eigenvalue weighted by Crippen LogP contribution is 2.19. The largest absolute Gasteiger partial charge is 0.334 e. The quantitative estimate of drug-likeness (QED) is 0.677. The number of likely N-dealkylation sites (N-methyl/N-ethyl adjacent to an activating group) is 2. The Labute approximate surface area is 172 Å². The second-order valence-corrected chi connectivity index (χ2v) is 7.29. The summed E-state index contributed by atoms with van der Waals surface area (Å²) >= 11 is 6.01. The zero-order valence-electron chi connectivity index (χ0n) is 16.8. The second kappa shape index (κ2) is 10.8. The monoisotopic (exact) mass is 402 g/mol. The minimum absolute atomic E-state index is 0.0509. The number of hydrogen-bond acceptors (Lipinski definition) is 2. The zero-order valence-corrected chi connectivity index (χ0v) is 17.6. The lowest BCUT2D eigenvalue weighted by Crippen LogP contribution is -3.13. The Hall–Kier alpha value is -2.37. The topological polar surface area (TPSA) is 53.9 Å². The first-order valence-electron chi connectivity index (χ1n) is 9.64. The maximum absolute atomic E-state index is 12.7. The number of carbonyl (C=O) groups is 2. The van der Waals surface area contributed by atoms with Gasteiger partial charge in [0.05, 0.1) is 6.54 Å². The molecule has 0 heterocycles. The average molecular weight is 403 g/mol. The normalized spacial score (nSPS) is 11.7. The number of rotatable bonds is 9. The van der Waals surface area contributed by atoms with Gasteiger partial charge in [-0.2, -0.15) is 0 Å². The summed E-state index contributed by atoms with van der Waals surface area (Å²) in [5.41, 5.74) is 2.76. The Morgan fingerprint density at radius 3 is 2.43 bits per heavy atom. The third-order valence-corrected chi connectivity index (χ3v) is 4.97. The van der Waals surface area contributed by atoms with E-state index < -0.39 is 0 Å². The maximum atomic E-state index is 12.7. The summed E-state index contributed by atoms with van der Waals surface area (Å²) in [7, 11) is 0. The summed E-state index contributed by atoms with van der Waals surface area (Å²) < 4.78 is 0. The molecule has 2 rings (SSSR count). The van der Waals surface area contributed by atoms with E-state index in [0.29, 0.717) is 36.9 Å². The lowest BCUT2D eigenvalue weighted by molar-refractivity contribution is -0.882. The highest BCUT2D eigenvalue weighted by atomic mass is 35.5. The van der Waals surface area contributed by atoms with Gasteiger partial charge in [-0.1, -0.05) is 48.0 Å². The summed E-state index contributed by atoms with van der Waals surface area (Å²) in [6.45, 7) is 8.31. The molecule has 0 spiro atoms. The molecule has 2 aromatic carbocycles. The van der Waals surface area contributed by atoms with E-state index in [4.69, 9.17) is 11.6 Å². The fourth-order valence-electron chi connectivity index (χ4n) is 2.97. The van der Waals surface area contributed by atoms with Gasteiger partial charge in [0, 0.05) is 23.8 Å². The Balaban J connectivity index is 1.93. The molecule has 2 amide bonds. The molecular weight excluding hydrogens is 374 g/mol. The van der Waals surface area contributed by atoms with Crippen LogP contribution < -0.4 is 10.2 Å². The van der Waals surface area contributed by atoms with Crippen LogP contribution in [0.1, 0.15) is 25.0 Å². The minimum atomic E-state index is -0.124. The number of aryl methyl sites for hydroxylation is 1. The molecule has 0 aliphatic heterocycles. The zero-order chi connectivity index (χ0) is 20.5. The van der Waals surface area contributed by atoms with E-state index in [1.54, 1.807) is 12.1 Å². The highest BCUT2D eigenvalue weighted by molar-refractivity contribution is 6.31. The van der Waals surface area contributed by atoms with E-state index in [9.17, 15) is 9.59 Å². The van der Waals surface area contributed by atoms with E-state index in [0.717, 1.165) is 16.0 Å². The average Bonchev–Trinajstić information content (AvgIpc) is 2.69. The molecule has 0 fully saturated rings. The molecule has 0 aromatic heterocycles. The number of nitrogens with zero attached hydrogens (tertiary/aromatic N) is 1. The maximum Gasteiger partial charge on any atom is 0.279 e. The van der Waals surface area contributed by atoms with Crippen molar-refractivity contribution < 1.29 is 14.5 Å². The van der Waals surface area contributed by atoms with E-state index in [2.05, 4.69) is 5.32 Å². The van der Waals surface area contributed by atoms with E-state index >= 15 is 0 Å². The van der Waals surface area contributed by atoms with Crippen LogP contribution in [0.3, 0.4) is 0 Å². The van der Waals surface area contributed by atoms with Crippen molar-refractivity contribution in [2.24, 2.45) is 0 Å². The van der Waals surface area contributed by atoms with Crippen molar-refractivity contribution in [1.29, 1.82) is 0 Å². The minimum Gasteiger partial charge on any atom is -0.334 e. The van der Waals surface area contributed by atoms with Crippen molar-refractivity contribution in [2.45, 2.75) is 27.3 Å². The van der Waals surface area contributed by atoms with Crippen LogP contribution in [0.25, 0.3) is 0 Å². The van der Waals surface area contributed by atoms with Crippen LogP contribution in [0, 0.1) is 6.92 Å². The number of anilines is 1. The van der Waals surface area contributed by atoms with Gasteiger partial charge in [0.2, 0.25) is 0 Å². The van der Waals surface area contributed by atoms with E-state index in [1.807, 2.05) is 62.1 Å². The Morgan fingerprint density at radius 2 is 1.79 bits per heavy atom. The Morgan fingerprint density at radius 1 is 1.07 bits per heavy atom. The number of carbonyl (C=O) groups excluding carboxylic acids is 2. The van der Waals surface area contributed by atoms with Crippen LogP contribution in [0.15, 0.2) is 48.5 Å². The van der Waals surface area contributed by atoms with Crippen LogP contribution in [-0.2, 0) is 16.1 Å². The van der Waals surface area contributed by atoms with Crippen molar-refractivity contribution in [3.63, 3.8) is 0 Å².